The number of nitrogens with one attached hydrogen (secondary N) is 1. The second kappa shape index (κ2) is 5.51. The van der Waals surface area contributed by atoms with E-state index in [0.29, 0.717) is 12.3 Å². The molecule has 1 fully saturated rings. The van der Waals surface area contributed by atoms with Gasteiger partial charge in [-0.3, -0.25) is 9.59 Å². The van der Waals surface area contributed by atoms with Crippen molar-refractivity contribution in [3.05, 3.63) is 23.8 Å². The van der Waals surface area contributed by atoms with Crippen LogP contribution in [0, 0.1) is 11.8 Å². The average Bonchev–Trinajstić information content (AvgIpc) is 3.17. The molecule has 1 heterocycles. The van der Waals surface area contributed by atoms with Gasteiger partial charge >= 0.3 is 0 Å². The summed E-state index contributed by atoms with van der Waals surface area (Å²) in [7, 11) is 0. The number of rotatable bonds is 4. The van der Waals surface area contributed by atoms with Gasteiger partial charge in [-0.05, 0) is 48.9 Å². The van der Waals surface area contributed by atoms with E-state index >= 15 is 0 Å². The van der Waals surface area contributed by atoms with E-state index in [4.69, 9.17) is 0 Å². The van der Waals surface area contributed by atoms with Crippen LogP contribution in [0.1, 0.15) is 38.7 Å². The van der Waals surface area contributed by atoms with Crippen LogP contribution in [-0.2, 0) is 16.0 Å². The SMILES string of the molecule is CC(C)CC(=O)Nc1ccc2c(c1)CCN2C(=O)C1CC1. The minimum atomic E-state index is 0.0499. The first-order chi connectivity index (χ1) is 10.0. The first-order valence-electron chi connectivity index (χ1n) is 7.78. The lowest BCUT2D eigenvalue weighted by atomic mass is 10.1. The third-order valence-corrected chi connectivity index (χ3v) is 4.05. The van der Waals surface area contributed by atoms with Crippen LogP contribution in [0.5, 0.6) is 0 Å². The highest BCUT2D eigenvalue weighted by Crippen LogP contribution is 2.37. The summed E-state index contributed by atoms with van der Waals surface area (Å²) in [6, 6.07) is 5.87. The van der Waals surface area contributed by atoms with Gasteiger partial charge in [0, 0.05) is 30.3 Å². The summed E-state index contributed by atoms with van der Waals surface area (Å²) >= 11 is 0. The molecule has 0 atom stereocenters. The molecule has 1 aliphatic heterocycles. The van der Waals surface area contributed by atoms with E-state index in [9.17, 15) is 9.59 Å². The fraction of sp³-hybridized carbons (Fsp3) is 0.529. The Balaban J connectivity index is 1.71. The Morgan fingerprint density at radius 3 is 2.76 bits per heavy atom. The summed E-state index contributed by atoms with van der Waals surface area (Å²) < 4.78 is 0. The first-order valence-corrected chi connectivity index (χ1v) is 7.78. The number of hydrogen-bond acceptors (Lipinski definition) is 2. The smallest absolute Gasteiger partial charge is 0.230 e. The lowest BCUT2D eigenvalue weighted by molar-refractivity contribution is -0.119. The van der Waals surface area contributed by atoms with Crippen molar-refractivity contribution in [1.29, 1.82) is 0 Å². The van der Waals surface area contributed by atoms with Crippen molar-refractivity contribution in [3.63, 3.8) is 0 Å². The highest BCUT2D eigenvalue weighted by Gasteiger charge is 2.36. The molecule has 0 spiro atoms. The molecule has 1 saturated carbocycles. The van der Waals surface area contributed by atoms with Crippen LogP contribution in [0.2, 0.25) is 0 Å². The van der Waals surface area contributed by atoms with E-state index in [2.05, 4.69) is 5.32 Å². The molecule has 0 unspecified atom stereocenters. The maximum Gasteiger partial charge on any atom is 0.230 e. The average molecular weight is 286 g/mol. The van der Waals surface area contributed by atoms with E-state index in [-0.39, 0.29) is 17.7 Å². The lowest BCUT2D eigenvalue weighted by Gasteiger charge is -2.17. The molecule has 2 aliphatic rings. The minimum Gasteiger partial charge on any atom is -0.326 e. The van der Waals surface area contributed by atoms with E-state index < -0.39 is 0 Å². The molecule has 2 amide bonds. The molecule has 21 heavy (non-hydrogen) atoms. The van der Waals surface area contributed by atoms with Crippen LogP contribution in [-0.4, -0.2) is 18.4 Å². The standard InChI is InChI=1S/C17H22N2O2/c1-11(2)9-16(20)18-14-5-6-15-13(10-14)7-8-19(15)17(21)12-3-4-12/h5-6,10-12H,3-4,7-9H2,1-2H3,(H,18,20). The molecule has 1 aromatic rings. The molecule has 0 aromatic heterocycles. The molecule has 0 radical (unpaired) electrons. The summed E-state index contributed by atoms with van der Waals surface area (Å²) in [4.78, 5) is 25.9. The van der Waals surface area contributed by atoms with E-state index in [0.717, 1.165) is 42.7 Å². The number of carbonyl (C=O) groups excluding carboxylic acids is 2. The van der Waals surface area contributed by atoms with Crippen molar-refractivity contribution < 1.29 is 9.59 Å². The van der Waals surface area contributed by atoms with Gasteiger partial charge in [0.1, 0.15) is 0 Å². The van der Waals surface area contributed by atoms with Crippen molar-refractivity contribution in [1.82, 2.24) is 0 Å². The van der Waals surface area contributed by atoms with Gasteiger partial charge in [0.25, 0.3) is 0 Å². The third kappa shape index (κ3) is 3.09. The van der Waals surface area contributed by atoms with Crippen LogP contribution in [0.25, 0.3) is 0 Å². The van der Waals surface area contributed by atoms with Crippen molar-refractivity contribution >= 4 is 23.2 Å². The number of carbonyl (C=O) groups is 2. The molecule has 4 nitrogen and oxygen atoms in total. The topological polar surface area (TPSA) is 49.4 Å². The molecule has 1 N–H and O–H groups in total. The van der Waals surface area contributed by atoms with E-state index in [1.165, 1.54) is 0 Å². The molecule has 112 valence electrons. The fourth-order valence-corrected chi connectivity index (χ4v) is 2.84. The molecule has 1 aromatic carbocycles. The summed E-state index contributed by atoms with van der Waals surface area (Å²) in [5.74, 6) is 0.923. The maximum absolute atomic E-state index is 12.2. The summed E-state index contributed by atoms with van der Waals surface area (Å²) in [6.45, 7) is 4.83. The second-order valence-electron chi connectivity index (χ2n) is 6.50. The van der Waals surface area contributed by atoms with Crippen molar-refractivity contribution in [2.45, 2.75) is 39.5 Å². The Bertz CT molecular complexity index is 576. The molecule has 1 aliphatic carbocycles. The molecule has 3 rings (SSSR count). The van der Waals surface area contributed by atoms with Crippen molar-refractivity contribution in [2.75, 3.05) is 16.8 Å². The summed E-state index contributed by atoms with van der Waals surface area (Å²) in [5.41, 5.74) is 3.01. The van der Waals surface area contributed by atoms with Gasteiger partial charge in [-0.2, -0.15) is 0 Å². The number of nitrogens with zero attached hydrogens (tertiary/aromatic N) is 1. The number of fused-ring (bicyclic) bond motifs is 1. The fourth-order valence-electron chi connectivity index (χ4n) is 2.84. The highest BCUT2D eigenvalue weighted by atomic mass is 16.2. The molecular weight excluding hydrogens is 264 g/mol. The highest BCUT2D eigenvalue weighted by molar-refractivity contribution is 5.99. The zero-order valence-corrected chi connectivity index (χ0v) is 12.7. The zero-order chi connectivity index (χ0) is 15.0. The van der Waals surface area contributed by atoms with Crippen LogP contribution in [0.3, 0.4) is 0 Å². The van der Waals surface area contributed by atoms with Crippen LogP contribution in [0.15, 0.2) is 18.2 Å². The predicted octanol–water partition coefficient (Wildman–Crippen LogP) is 2.97. The number of benzene rings is 1. The lowest BCUT2D eigenvalue weighted by Crippen LogP contribution is -2.30. The Morgan fingerprint density at radius 1 is 1.33 bits per heavy atom. The molecule has 4 heteroatoms. The summed E-state index contributed by atoms with van der Waals surface area (Å²) in [6.07, 6.45) is 3.48. The van der Waals surface area contributed by atoms with Gasteiger partial charge in [0.2, 0.25) is 11.8 Å². The van der Waals surface area contributed by atoms with Gasteiger partial charge < -0.3 is 10.2 Å². The maximum atomic E-state index is 12.2. The predicted molar refractivity (Wildman–Crippen MR) is 83.3 cm³/mol. The number of hydrogen-bond donors (Lipinski definition) is 1. The monoisotopic (exact) mass is 286 g/mol. The normalized spacial score (nSPS) is 17.0. The molecular formula is C17H22N2O2. The molecule has 0 bridgehead atoms. The zero-order valence-electron chi connectivity index (χ0n) is 12.7. The van der Waals surface area contributed by atoms with E-state index in [1.54, 1.807) is 0 Å². The first kappa shape index (κ1) is 14.1. The largest absolute Gasteiger partial charge is 0.326 e. The molecule has 0 saturated heterocycles. The summed E-state index contributed by atoms with van der Waals surface area (Å²) in [5, 5.41) is 2.94. The second-order valence-corrected chi connectivity index (χ2v) is 6.50. The van der Waals surface area contributed by atoms with Gasteiger partial charge in [-0.25, -0.2) is 0 Å². The quantitative estimate of drug-likeness (QED) is 0.925. The Labute approximate surface area is 125 Å². The van der Waals surface area contributed by atoms with Gasteiger partial charge in [-0.1, -0.05) is 13.8 Å². The van der Waals surface area contributed by atoms with Crippen LogP contribution >= 0.6 is 0 Å². The Hall–Kier alpha value is -1.84. The van der Waals surface area contributed by atoms with Crippen molar-refractivity contribution in [3.8, 4) is 0 Å². The van der Waals surface area contributed by atoms with E-state index in [1.807, 2.05) is 36.9 Å². The van der Waals surface area contributed by atoms with Crippen LogP contribution in [0.4, 0.5) is 11.4 Å². The third-order valence-electron chi connectivity index (χ3n) is 4.05. The van der Waals surface area contributed by atoms with Gasteiger partial charge in [-0.15, -0.1) is 0 Å². The Morgan fingerprint density at radius 2 is 2.10 bits per heavy atom. The number of amides is 2. The minimum absolute atomic E-state index is 0.0499. The number of anilines is 2. The van der Waals surface area contributed by atoms with Gasteiger partial charge in [0.05, 0.1) is 0 Å². The van der Waals surface area contributed by atoms with Crippen molar-refractivity contribution in [2.24, 2.45) is 11.8 Å². The van der Waals surface area contributed by atoms with Crippen LogP contribution < -0.4 is 10.2 Å². The Kier molecular flexibility index (Phi) is 3.70. The van der Waals surface area contributed by atoms with Gasteiger partial charge in [0.15, 0.2) is 0 Å².